The van der Waals surface area contributed by atoms with E-state index in [1.807, 2.05) is 0 Å². The van der Waals surface area contributed by atoms with Gasteiger partial charge in [-0.2, -0.15) is 0 Å². The van der Waals surface area contributed by atoms with E-state index in [1.54, 1.807) is 26.0 Å². The number of hydrogen-bond acceptors (Lipinski definition) is 6. The highest BCUT2D eigenvalue weighted by molar-refractivity contribution is 5.89. The Hall–Kier alpha value is -2.70. The van der Waals surface area contributed by atoms with Crippen LogP contribution in [0.4, 0.5) is 0 Å². The van der Waals surface area contributed by atoms with Gasteiger partial charge >= 0.3 is 5.97 Å². The zero-order valence-electron chi connectivity index (χ0n) is 11.7. The quantitative estimate of drug-likeness (QED) is 0.836. The third kappa shape index (κ3) is 4.13. The molecular formula is C14H15N3O4. The molecule has 2 rings (SSSR count). The molecule has 1 N–H and O–H groups in total. The van der Waals surface area contributed by atoms with Crippen LogP contribution in [0.1, 0.15) is 34.9 Å². The number of aryl methyl sites for hydroxylation is 1. The summed E-state index contributed by atoms with van der Waals surface area (Å²) in [7, 11) is 0. The van der Waals surface area contributed by atoms with Crippen molar-refractivity contribution in [2.45, 2.75) is 19.9 Å². The number of aromatic nitrogens is 2. The summed E-state index contributed by atoms with van der Waals surface area (Å²) in [5, 5.41) is 2.65. The molecule has 0 spiro atoms. The summed E-state index contributed by atoms with van der Waals surface area (Å²) in [5.74, 6) is -0.491. The highest BCUT2D eigenvalue weighted by atomic mass is 16.5. The van der Waals surface area contributed by atoms with Gasteiger partial charge in [0.25, 0.3) is 5.91 Å². The van der Waals surface area contributed by atoms with Gasteiger partial charge in [-0.05, 0) is 26.0 Å². The lowest BCUT2D eigenvalue weighted by Gasteiger charge is -2.11. The zero-order valence-corrected chi connectivity index (χ0v) is 11.7. The predicted molar refractivity (Wildman–Crippen MR) is 72.3 cm³/mol. The summed E-state index contributed by atoms with van der Waals surface area (Å²) in [6.07, 6.45) is 4.28. The number of ether oxygens (including phenoxy) is 1. The molecule has 21 heavy (non-hydrogen) atoms. The number of furan rings is 1. The third-order valence-corrected chi connectivity index (χ3v) is 2.67. The largest absolute Gasteiger partial charge is 0.467 e. The van der Waals surface area contributed by atoms with Crippen molar-refractivity contribution in [2.24, 2.45) is 0 Å². The Morgan fingerprint density at radius 1 is 1.38 bits per heavy atom. The van der Waals surface area contributed by atoms with Crippen LogP contribution in [-0.4, -0.2) is 28.5 Å². The number of nitrogens with zero attached hydrogens (tertiary/aromatic N) is 2. The number of carbonyl (C=O) groups excluding carboxylic acids is 2. The summed E-state index contributed by atoms with van der Waals surface area (Å²) >= 11 is 0. The minimum atomic E-state index is -0.691. The third-order valence-electron chi connectivity index (χ3n) is 2.67. The molecule has 0 saturated heterocycles. The molecule has 7 nitrogen and oxygen atoms in total. The van der Waals surface area contributed by atoms with Crippen molar-refractivity contribution in [1.29, 1.82) is 0 Å². The lowest BCUT2D eigenvalue weighted by atomic mass is 10.2. The molecule has 2 heterocycles. The van der Waals surface area contributed by atoms with E-state index < -0.39 is 11.9 Å². The topological polar surface area (TPSA) is 94.3 Å². The van der Waals surface area contributed by atoms with Crippen molar-refractivity contribution in [3.8, 4) is 0 Å². The second kappa shape index (κ2) is 6.65. The van der Waals surface area contributed by atoms with Gasteiger partial charge in [-0.3, -0.25) is 9.78 Å². The van der Waals surface area contributed by atoms with E-state index >= 15 is 0 Å². The molecule has 0 aliphatic rings. The molecule has 1 atom stereocenters. The molecule has 0 radical (unpaired) electrons. The van der Waals surface area contributed by atoms with Gasteiger partial charge in [0.15, 0.2) is 12.3 Å². The van der Waals surface area contributed by atoms with E-state index in [-0.39, 0.29) is 18.3 Å². The molecule has 110 valence electrons. The molecule has 2 aromatic heterocycles. The molecule has 0 unspecified atom stereocenters. The predicted octanol–water partition coefficient (Wildman–Crippen LogP) is 1.41. The van der Waals surface area contributed by atoms with Crippen molar-refractivity contribution in [3.05, 3.63) is 47.9 Å². The first-order valence-corrected chi connectivity index (χ1v) is 6.35. The number of amides is 1. The monoisotopic (exact) mass is 289 g/mol. The Kier molecular flexibility index (Phi) is 4.65. The smallest absolute Gasteiger partial charge is 0.359 e. The Morgan fingerprint density at radius 2 is 2.19 bits per heavy atom. The van der Waals surface area contributed by atoms with E-state index in [4.69, 9.17) is 9.15 Å². The average molecular weight is 289 g/mol. The van der Waals surface area contributed by atoms with E-state index in [9.17, 15) is 9.59 Å². The van der Waals surface area contributed by atoms with Crippen molar-refractivity contribution in [2.75, 3.05) is 6.61 Å². The van der Waals surface area contributed by atoms with Crippen LogP contribution in [0.2, 0.25) is 0 Å². The lowest BCUT2D eigenvalue weighted by Crippen LogP contribution is -2.31. The maximum Gasteiger partial charge on any atom is 0.359 e. The van der Waals surface area contributed by atoms with Gasteiger partial charge in [0.1, 0.15) is 5.76 Å². The van der Waals surface area contributed by atoms with Gasteiger partial charge in [-0.25, -0.2) is 9.78 Å². The molecule has 0 aliphatic carbocycles. The van der Waals surface area contributed by atoms with Gasteiger partial charge < -0.3 is 14.5 Å². The molecule has 7 heteroatoms. The van der Waals surface area contributed by atoms with E-state index in [1.165, 1.54) is 18.7 Å². The first kappa shape index (κ1) is 14.7. The van der Waals surface area contributed by atoms with Crippen molar-refractivity contribution >= 4 is 11.9 Å². The second-order valence-corrected chi connectivity index (χ2v) is 4.42. The highest BCUT2D eigenvalue weighted by Gasteiger charge is 2.15. The van der Waals surface area contributed by atoms with Gasteiger partial charge in [0.05, 0.1) is 24.2 Å². The minimum Gasteiger partial charge on any atom is -0.467 e. The average Bonchev–Trinajstić information content (AvgIpc) is 3.00. The molecule has 0 fully saturated rings. The SMILES string of the molecule is Cc1cnc(C(=O)OCC(=O)N[C@@H](C)c2ccco2)cn1. The van der Waals surface area contributed by atoms with E-state index in [2.05, 4.69) is 15.3 Å². The van der Waals surface area contributed by atoms with Crippen LogP contribution in [0.15, 0.2) is 35.2 Å². The fourth-order valence-corrected chi connectivity index (χ4v) is 1.59. The van der Waals surface area contributed by atoms with Crippen LogP contribution < -0.4 is 5.32 Å². The fourth-order valence-electron chi connectivity index (χ4n) is 1.59. The van der Waals surface area contributed by atoms with Crippen LogP contribution in [0.3, 0.4) is 0 Å². The summed E-state index contributed by atoms with van der Waals surface area (Å²) in [5.41, 5.74) is 0.754. The molecule has 0 bridgehead atoms. The fraction of sp³-hybridized carbons (Fsp3) is 0.286. The number of nitrogens with one attached hydrogen (secondary N) is 1. The number of rotatable bonds is 5. The molecule has 0 aliphatic heterocycles. The van der Waals surface area contributed by atoms with E-state index in [0.717, 1.165) is 0 Å². The maximum atomic E-state index is 11.7. The maximum absolute atomic E-state index is 11.7. The highest BCUT2D eigenvalue weighted by Crippen LogP contribution is 2.11. The Bertz CT molecular complexity index is 608. The second-order valence-electron chi connectivity index (χ2n) is 4.42. The molecular weight excluding hydrogens is 274 g/mol. The number of carbonyl (C=O) groups is 2. The van der Waals surface area contributed by atoms with Crippen LogP contribution >= 0.6 is 0 Å². The summed E-state index contributed by atoms with van der Waals surface area (Å²) < 4.78 is 10.0. The van der Waals surface area contributed by atoms with Crippen LogP contribution in [-0.2, 0) is 9.53 Å². The van der Waals surface area contributed by atoms with Gasteiger partial charge in [-0.1, -0.05) is 0 Å². The summed E-state index contributed by atoms with van der Waals surface area (Å²) in [6.45, 7) is 3.13. The van der Waals surface area contributed by atoms with Gasteiger partial charge in [0.2, 0.25) is 0 Å². The molecule has 0 aromatic carbocycles. The summed E-state index contributed by atoms with van der Waals surface area (Å²) in [4.78, 5) is 31.1. The van der Waals surface area contributed by atoms with Gasteiger partial charge in [0, 0.05) is 6.20 Å². The van der Waals surface area contributed by atoms with Crippen LogP contribution in [0.5, 0.6) is 0 Å². The standard InChI is InChI=1S/C14H15N3O4/c1-9-6-16-11(7-15-9)14(19)21-8-13(18)17-10(2)12-4-3-5-20-12/h3-7,10H,8H2,1-2H3,(H,17,18)/t10-/m0/s1. The van der Waals surface area contributed by atoms with Crippen LogP contribution in [0, 0.1) is 6.92 Å². The first-order chi connectivity index (χ1) is 10.1. The van der Waals surface area contributed by atoms with Crippen LogP contribution in [0.25, 0.3) is 0 Å². The number of esters is 1. The van der Waals surface area contributed by atoms with Crippen molar-refractivity contribution in [3.63, 3.8) is 0 Å². The molecule has 2 aromatic rings. The Balaban J connectivity index is 1.81. The van der Waals surface area contributed by atoms with Gasteiger partial charge in [-0.15, -0.1) is 0 Å². The zero-order chi connectivity index (χ0) is 15.2. The van der Waals surface area contributed by atoms with Crippen molar-refractivity contribution in [1.82, 2.24) is 15.3 Å². The normalized spacial score (nSPS) is 11.7. The van der Waals surface area contributed by atoms with E-state index in [0.29, 0.717) is 11.5 Å². The molecule has 1 amide bonds. The molecule has 0 saturated carbocycles. The number of hydrogen-bond donors (Lipinski definition) is 1. The summed E-state index contributed by atoms with van der Waals surface area (Å²) in [6, 6.07) is 3.18. The first-order valence-electron chi connectivity index (χ1n) is 6.35. The Labute approximate surface area is 121 Å². The van der Waals surface area contributed by atoms with Crippen molar-refractivity contribution < 1.29 is 18.7 Å². The minimum absolute atomic E-state index is 0.0625. The Morgan fingerprint density at radius 3 is 2.81 bits per heavy atom. The lowest BCUT2D eigenvalue weighted by molar-refractivity contribution is -0.125.